The molecule has 0 aromatic carbocycles. The van der Waals surface area contributed by atoms with Crippen LogP contribution in [0.5, 0.6) is 0 Å². The molecule has 0 aromatic rings. The van der Waals surface area contributed by atoms with E-state index in [0.29, 0.717) is 0 Å². The zero-order valence-corrected chi connectivity index (χ0v) is 24.5. The highest BCUT2D eigenvalue weighted by Crippen LogP contribution is 2.74. The van der Waals surface area contributed by atoms with Crippen LogP contribution in [0.15, 0.2) is 11.6 Å². The molecule has 13 heteroatoms. The number of ketones is 1. The van der Waals surface area contributed by atoms with Crippen LogP contribution in [0.25, 0.3) is 0 Å². The summed E-state index contributed by atoms with van der Waals surface area (Å²) < 4.78 is 39.7. The van der Waals surface area contributed by atoms with E-state index in [4.69, 9.17) is 33.2 Å². The summed E-state index contributed by atoms with van der Waals surface area (Å²) in [5.41, 5.74) is -7.50. The predicted molar refractivity (Wildman–Crippen MR) is 135 cm³/mol. The quantitative estimate of drug-likeness (QED) is 0.336. The SMILES string of the molecule is COC(=O)C1OC(=O)C2(C)C3OC45CC(=O)OC(C6=CC(OC)OC6=O)C4(C)CCC5(OC(C)=O)C3C(=O)C(C)(C)C12. The van der Waals surface area contributed by atoms with Crippen LogP contribution in [-0.2, 0) is 61.9 Å². The molecule has 42 heavy (non-hydrogen) atoms. The van der Waals surface area contributed by atoms with Crippen LogP contribution in [0, 0.1) is 28.1 Å². The van der Waals surface area contributed by atoms with Crippen molar-refractivity contribution in [3.8, 4) is 0 Å². The molecule has 4 heterocycles. The number of hydrogen-bond acceptors (Lipinski definition) is 13. The van der Waals surface area contributed by atoms with Gasteiger partial charge in [-0.15, -0.1) is 0 Å². The average molecular weight is 591 g/mol. The average Bonchev–Trinajstić information content (AvgIpc) is 3.58. The van der Waals surface area contributed by atoms with E-state index in [1.54, 1.807) is 27.7 Å². The van der Waals surface area contributed by atoms with Crippen LogP contribution in [-0.4, -0.2) is 85.7 Å². The Morgan fingerprint density at radius 2 is 1.67 bits per heavy atom. The van der Waals surface area contributed by atoms with E-state index in [1.165, 1.54) is 20.1 Å². The lowest BCUT2D eigenvalue weighted by Gasteiger charge is -2.53. The molecule has 10 atom stereocenters. The summed E-state index contributed by atoms with van der Waals surface area (Å²) in [6.07, 6.45) is -3.51. The fraction of sp³-hybridized carbons (Fsp3) is 0.724. The summed E-state index contributed by atoms with van der Waals surface area (Å²) in [4.78, 5) is 80.3. The summed E-state index contributed by atoms with van der Waals surface area (Å²) in [6, 6.07) is 0. The zero-order chi connectivity index (χ0) is 30.8. The minimum atomic E-state index is -1.70. The molecule has 228 valence electrons. The number of fused-ring (bicyclic) bond motifs is 4. The third-order valence-corrected chi connectivity index (χ3v) is 10.9. The number of hydrogen-bond donors (Lipinski definition) is 0. The van der Waals surface area contributed by atoms with E-state index in [-0.39, 0.29) is 18.4 Å². The molecule has 3 saturated heterocycles. The van der Waals surface area contributed by atoms with Crippen LogP contribution in [0.3, 0.4) is 0 Å². The lowest BCUT2D eigenvalue weighted by molar-refractivity contribution is -0.244. The lowest BCUT2D eigenvalue weighted by atomic mass is 9.48. The smallest absolute Gasteiger partial charge is 0.347 e. The third kappa shape index (κ3) is 3.10. The van der Waals surface area contributed by atoms with E-state index >= 15 is 0 Å². The van der Waals surface area contributed by atoms with Crippen molar-refractivity contribution in [2.45, 2.75) is 89.7 Å². The van der Waals surface area contributed by atoms with Gasteiger partial charge in [-0.3, -0.25) is 19.2 Å². The van der Waals surface area contributed by atoms with Gasteiger partial charge in [-0.2, -0.15) is 0 Å². The van der Waals surface area contributed by atoms with Crippen molar-refractivity contribution in [1.82, 2.24) is 0 Å². The van der Waals surface area contributed by atoms with Crippen LogP contribution in [0.4, 0.5) is 0 Å². The van der Waals surface area contributed by atoms with Gasteiger partial charge in [0.25, 0.3) is 0 Å². The van der Waals surface area contributed by atoms with E-state index in [9.17, 15) is 28.8 Å². The molecule has 1 spiro atoms. The second kappa shape index (κ2) is 8.62. The third-order valence-electron chi connectivity index (χ3n) is 10.9. The van der Waals surface area contributed by atoms with Crippen LogP contribution in [0.2, 0.25) is 0 Å². The second-order valence-electron chi connectivity index (χ2n) is 13.1. The molecule has 2 saturated carbocycles. The molecular formula is C29H34O13. The molecule has 0 aromatic heterocycles. The highest BCUT2D eigenvalue weighted by molar-refractivity contribution is 5.98. The van der Waals surface area contributed by atoms with Gasteiger partial charge in [-0.05, 0) is 25.8 Å². The summed E-state index contributed by atoms with van der Waals surface area (Å²) in [7, 11) is 2.51. The molecule has 13 nitrogen and oxygen atoms in total. The molecule has 10 unspecified atom stereocenters. The van der Waals surface area contributed by atoms with Crippen molar-refractivity contribution < 1.29 is 61.9 Å². The molecule has 6 rings (SSSR count). The predicted octanol–water partition coefficient (Wildman–Crippen LogP) is 0.943. The Morgan fingerprint density at radius 1 is 0.976 bits per heavy atom. The molecular weight excluding hydrogens is 556 g/mol. The molecule has 2 aliphatic carbocycles. The van der Waals surface area contributed by atoms with Gasteiger partial charge in [0.2, 0.25) is 12.4 Å². The largest absolute Gasteiger partial charge is 0.466 e. The first-order valence-corrected chi connectivity index (χ1v) is 13.9. The van der Waals surface area contributed by atoms with Gasteiger partial charge >= 0.3 is 29.8 Å². The van der Waals surface area contributed by atoms with Gasteiger partial charge in [0.1, 0.15) is 22.9 Å². The van der Waals surface area contributed by atoms with Crippen molar-refractivity contribution in [2.24, 2.45) is 28.1 Å². The summed E-state index contributed by atoms with van der Waals surface area (Å²) >= 11 is 0. The Labute approximate surface area is 241 Å². The fourth-order valence-corrected chi connectivity index (χ4v) is 9.18. The zero-order valence-electron chi connectivity index (χ0n) is 24.5. The number of esters is 5. The van der Waals surface area contributed by atoms with Crippen LogP contribution < -0.4 is 0 Å². The topological polar surface area (TPSA) is 167 Å². The highest BCUT2D eigenvalue weighted by atomic mass is 16.7. The minimum absolute atomic E-state index is 0.0376. The van der Waals surface area contributed by atoms with Gasteiger partial charge in [0.15, 0.2) is 5.60 Å². The number of ether oxygens (including phenoxy) is 7. The Hall–Kier alpha value is -3.32. The Kier molecular flexibility index (Phi) is 5.91. The molecule has 0 N–H and O–H groups in total. The molecule has 4 aliphatic heterocycles. The number of carbonyl (C=O) groups excluding carboxylic acids is 6. The van der Waals surface area contributed by atoms with Crippen molar-refractivity contribution >= 4 is 35.6 Å². The summed E-state index contributed by atoms with van der Waals surface area (Å²) in [6.45, 7) is 7.76. The standard InChI is InChI=1S/C29H34O13/c1-12(30)41-28-9-8-26(4)20(13-10-15(36-6)39-22(13)33)38-14(31)11-29(26,28)42-21-16(28)19(32)25(2,3)18-17(23(34)37-7)40-24(35)27(18,21)5/h10,15-18,20-21H,8-9,11H2,1-7H3. The Balaban J connectivity index is 1.57. The van der Waals surface area contributed by atoms with Gasteiger partial charge in [0.05, 0.1) is 31.1 Å². The number of carbonyl (C=O) groups is 6. The lowest BCUT2D eigenvalue weighted by Crippen LogP contribution is -2.68. The highest BCUT2D eigenvalue weighted by Gasteiger charge is 2.88. The van der Waals surface area contributed by atoms with Gasteiger partial charge in [-0.1, -0.05) is 20.8 Å². The Morgan fingerprint density at radius 3 is 2.26 bits per heavy atom. The number of methoxy groups -OCH3 is 2. The maximum absolute atomic E-state index is 14.6. The Bertz CT molecular complexity index is 1360. The van der Waals surface area contributed by atoms with Gasteiger partial charge < -0.3 is 33.2 Å². The normalized spacial score (nSPS) is 46.4. The maximum Gasteiger partial charge on any atom is 0.347 e. The molecule has 0 bridgehead atoms. The van der Waals surface area contributed by atoms with E-state index in [0.717, 1.165) is 7.11 Å². The van der Waals surface area contributed by atoms with E-state index in [2.05, 4.69) is 0 Å². The first-order chi connectivity index (χ1) is 19.6. The first-order valence-electron chi connectivity index (χ1n) is 13.9. The van der Waals surface area contributed by atoms with E-state index < -0.39 is 106 Å². The maximum atomic E-state index is 14.6. The van der Waals surface area contributed by atoms with Crippen molar-refractivity contribution in [3.63, 3.8) is 0 Å². The van der Waals surface area contributed by atoms with Crippen LogP contribution in [0.1, 0.15) is 53.9 Å². The number of rotatable bonds is 4. The molecule has 0 radical (unpaired) electrons. The number of cyclic esters (lactones) is 3. The van der Waals surface area contributed by atoms with Gasteiger partial charge in [-0.25, -0.2) is 9.59 Å². The molecule has 0 amide bonds. The van der Waals surface area contributed by atoms with Crippen molar-refractivity contribution in [3.05, 3.63) is 11.6 Å². The molecule has 6 aliphatic rings. The van der Waals surface area contributed by atoms with Gasteiger partial charge in [0, 0.05) is 30.8 Å². The van der Waals surface area contributed by atoms with Crippen molar-refractivity contribution in [1.29, 1.82) is 0 Å². The monoisotopic (exact) mass is 590 g/mol. The second-order valence-corrected chi connectivity index (χ2v) is 13.1. The fourth-order valence-electron chi connectivity index (χ4n) is 9.18. The van der Waals surface area contributed by atoms with E-state index in [1.807, 2.05) is 0 Å². The molecule has 5 fully saturated rings. The minimum Gasteiger partial charge on any atom is -0.466 e. The number of Topliss-reactive ketones (excluding diaryl/α,β-unsaturated/α-hetero) is 1. The summed E-state index contributed by atoms with van der Waals surface area (Å²) in [5, 5.41) is 0. The summed E-state index contributed by atoms with van der Waals surface area (Å²) in [5.74, 6) is -6.39. The first kappa shape index (κ1) is 28.8. The van der Waals surface area contributed by atoms with Crippen molar-refractivity contribution in [2.75, 3.05) is 14.2 Å². The van der Waals surface area contributed by atoms with Crippen LogP contribution >= 0.6 is 0 Å².